The second-order valence-electron chi connectivity index (χ2n) is 4.14. The summed E-state index contributed by atoms with van der Waals surface area (Å²) >= 11 is 0. The zero-order valence-electron chi connectivity index (χ0n) is 10.4. The maximum absolute atomic E-state index is 12.0. The third-order valence-corrected chi connectivity index (χ3v) is 2.66. The number of alkyl halides is 3. The highest BCUT2D eigenvalue weighted by Gasteiger charge is 2.40. The maximum atomic E-state index is 12.0. The zero-order chi connectivity index (χ0) is 14.6. The van der Waals surface area contributed by atoms with E-state index in [1.165, 1.54) is 0 Å². The van der Waals surface area contributed by atoms with Crippen LogP contribution in [0.5, 0.6) is 0 Å². The molecule has 0 amide bonds. The van der Waals surface area contributed by atoms with Crippen molar-refractivity contribution in [3.63, 3.8) is 0 Å². The predicted octanol–water partition coefficient (Wildman–Crippen LogP) is 3.96. The lowest BCUT2D eigenvalue weighted by Gasteiger charge is -2.08. The Bertz CT molecular complexity index is 574. The molecule has 0 aliphatic rings. The van der Waals surface area contributed by atoms with Crippen LogP contribution in [0.2, 0.25) is 0 Å². The molecule has 0 fully saturated rings. The Morgan fingerprint density at radius 1 is 0.900 bits per heavy atom. The number of rotatable bonds is 3. The molecule has 0 bridgehead atoms. The molecule has 2 aromatic carbocycles. The summed E-state index contributed by atoms with van der Waals surface area (Å²) in [7, 11) is 0. The van der Waals surface area contributed by atoms with Gasteiger partial charge < -0.3 is 4.74 Å². The van der Waals surface area contributed by atoms with Crippen molar-refractivity contribution < 1.29 is 22.7 Å². The lowest BCUT2D eigenvalue weighted by Crippen LogP contribution is -2.25. The van der Waals surface area contributed by atoms with E-state index in [-0.39, 0.29) is 0 Å². The van der Waals surface area contributed by atoms with Gasteiger partial charge in [-0.15, -0.1) is 0 Å². The van der Waals surface area contributed by atoms with Crippen LogP contribution in [0.3, 0.4) is 0 Å². The standard InChI is InChI=1S/C15H11F3O2/c16-15(17,18)14(19)20-10-11-6-8-13(9-7-11)12-4-2-1-3-5-12/h1-9H,10H2. The second-order valence-corrected chi connectivity index (χ2v) is 4.14. The van der Waals surface area contributed by atoms with Crippen molar-refractivity contribution >= 4 is 5.97 Å². The molecule has 0 saturated carbocycles. The molecule has 0 aliphatic heterocycles. The fraction of sp³-hybridized carbons (Fsp3) is 0.133. The van der Waals surface area contributed by atoms with Crippen molar-refractivity contribution in [2.24, 2.45) is 0 Å². The molecule has 20 heavy (non-hydrogen) atoms. The summed E-state index contributed by atoms with van der Waals surface area (Å²) in [5.74, 6) is -2.18. The molecule has 104 valence electrons. The van der Waals surface area contributed by atoms with Gasteiger partial charge in [-0.2, -0.15) is 13.2 Å². The summed E-state index contributed by atoms with van der Waals surface area (Å²) in [5.41, 5.74) is 2.45. The van der Waals surface area contributed by atoms with E-state index in [2.05, 4.69) is 4.74 Å². The number of carbonyl (C=O) groups is 1. The van der Waals surface area contributed by atoms with E-state index in [9.17, 15) is 18.0 Å². The van der Waals surface area contributed by atoms with Crippen LogP contribution in [-0.2, 0) is 16.1 Å². The first-order valence-electron chi connectivity index (χ1n) is 5.85. The molecule has 2 nitrogen and oxygen atoms in total. The topological polar surface area (TPSA) is 26.3 Å². The predicted molar refractivity (Wildman–Crippen MR) is 67.7 cm³/mol. The van der Waals surface area contributed by atoms with Crippen LogP contribution in [0.15, 0.2) is 54.6 Å². The first-order chi connectivity index (χ1) is 9.47. The van der Waals surface area contributed by atoms with E-state index in [1.807, 2.05) is 30.3 Å². The number of hydrogen-bond donors (Lipinski definition) is 0. The third kappa shape index (κ3) is 3.60. The molecule has 0 N–H and O–H groups in total. The van der Waals surface area contributed by atoms with Crippen LogP contribution in [0, 0.1) is 0 Å². The zero-order valence-corrected chi connectivity index (χ0v) is 10.4. The Hall–Kier alpha value is -2.30. The summed E-state index contributed by atoms with van der Waals surface area (Å²) in [6.07, 6.45) is -4.95. The average Bonchev–Trinajstić information content (AvgIpc) is 2.45. The first kappa shape index (κ1) is 14.1. The van der Waals surface area contributed by atoms with Gasteiger partial charge in [0.2, 0.25) is 0 Å². The van der Waals surface area contributed by atoms with Crippen molar-refractivity contribution in [2.45, 2.75) is 12.8 Å². The van der Waals surface area contributed by atoms with Gasteiger partial charge in [0.1, 0.15) is 6.61 Å². The molecule has 5 heteroatoms. The average molecular weight is 280 g/mol. The van der Waals surface area contributed by atoms with Crippen LogP contribution < -0.4 is 0 Å². The van der Waals surface area contributed by atoms with Crippen LogP contribution in [0.1, 0.15) is 5.56 Å². The minimum atomic E-state index is -4.95. The van der Waals surface area contributed by atoms with Crippen molar-refractivity contribution in [3.8, 4) is 11.1 Å². The van der Waals surface area contributed by atoms with E-state index in [0.717, 1.165) is 11.1 Å². The molecule has 2 aromatic rings. The van der Waals surface area contributed by atoms with E-state index < -0.39 is 18.8 Å². The number of hydrogen-bond acceptors (Lipinski definition) is 2. The van der Waals surface area contributed by atoms with Crippen molar-refractivity contribution in [3.05, 3.63) is 60.2 Å². The SMILES string of the molecule is O=C(OCc1ccc(-c2ccccc2)cc1)C(F)(F)F. The van der Waals surface area contributed by atoms with Gasteiger partial charge in [-0.25, -0.2) is 4.79 Å². The molecule has 0 spiro atoms. The Morgan fingerprint density at radius 3 is 2.00 bits per heavy atom. The number of ether oxygens (including phenoxy) is 1. The number of esters is 1. The van der Waals surface area contributed by atoms with E-state index in [0.29, 0.717) is 5.56 Å². The van der Waals surface area contributed by atoms with Gasteiger partial charge >= 0.3 is 12.1 Å². The highest BCUT2D eigenvalue weighted by atomic mass is 19.4. The van der Waals surface area contributed by atoms with Crippen LogP contribution >= 0.6 is 0 Å². The third-order valence-electron chi connectivity index (χ3n) is 2.66. The molecule has 0 heterocycles. The Labute approximate surface area is 113 Å². The number of benzene rings is 2. The molecule has 0 atom stereocenters. The molecule has 2 rings (SSSR count). The monoisotopic (exact) mass is 280 g/mol. The Morgan fingerprint density at radius 2 is 1.45 bits per heavy atom. The highest BCUT2D eigenvalue weighted by molar-refractivity contribution is 5.75. The van der Waals surface area contributed by atoms with Gasteiger partial charge in [-0.05, 0) is 16.7 Å². The van der Waals surface area contributed by atoms with Gasteiger partial charge in [0.05, 0.1) is 0 Å². The van der Waals surface area contributed by atoms with Gasteiger partial charge in [0.25, 0.3) is 0 Å². The summed E-state index contributed by atoms with van der Waals surface area (Å²) in [4.78, 5) is 10.6. The van der Waals surface area contributed by atoms with Gasteiger partial charge in [0, 0.05) is 0 Å². The lowest BCUT2D eigenvalue weighted by molar-refractivity contribution is -0.201. The summed E-state index contributed by atoms with van der Waals surface area (Å²) < 4.78 is 40.1. The van der Waals surface area contributed by atoms with E-state index in [1.54, 1.807) is 24.3 Å². The van der Waals surface area contributed by atoms with Gasteiger partial charge in [-0.3, -0.25) is 0 Å². The number of halogens is 3. The molecule has 0 aliphatic carbocycles. The van der Waals surface area contributed by atoms with Crippen LogP contribution in [-0.4, -0.2) is 12.1 Å². The largest absolute Gasteiger partial charge is 0.490 e. The molecule has 0 unspecified atom stereocenters. The van der Waals surface area contributed by atoms with Crippen LogP contribution in [0.4, 0.5) is 13.2 Å². The van der Waals surface area contributed by atoms with E-state index >= 15 is 0 Å². The van der Waals surface area contributed by atoms with Crippen molar-refractivity contribution in [2.75, 3.05) is 0 Å². The van der Waals surface area contributed by atoms with Crippen molar-refractivity contribution in [1.29, 1.82) is 0 Å². The Kier molecular flexibility index (Phi) is 4.08. The smallest absolute Gasteiger partial charge is 0.454 e. The minimum absolute atomic E-state index is 0.395. The Balaban J connectivity index is 2.01. The fourth-order valence-electron chi connectivity index (χ4n) is 1.65. The quantitative estimate of drug-likeness (QED) is 0.795. The van der Waals surface area contributed by atoms with Crippen molar-refractivity contribution in [1.82, 2.24) is 0 Å². The van der Waals surface area contributed by atoms with Crippen LogP contribution in [0.25, 0.3) is 11.1 Å². The van der Waals surface area contributed by atoms with Gasteiger partial charge in [-0.1, -0.05) is 54.6 Å². The molecular weight excluding hydrogens is 269 g/mol. The first-order valence-corrected chi connectivity index (χ1v) is 5.85. The maximum Gasteiger partial charge on any atom is 0.490 e. The summed E-state index contributed by atoms with van der Waals surface area (Å²) in [6.45, 7) is -0.395. The van der Waals surface area contributed by atoms with E-state index in [4.69, 9.17) is 0 Å². The molecular formula is C15H11F3O2. The highest BCUT2D eigenvalue weighted by Crippen LogP contribution is 2.21. The summed E-state index contributed by atoms with van der Waals surface area (Å²) in [5, 5.41) is 0. The van der Waals surface area contributed by atoms with Gasteiger partial charge in [0.15, 0.2) is 0 Å². The molecule has 0 aromatic heterocycles. The minimum Gasteiger partial charge on any atom is -0.454 e. The number of carbonyl (C=O) groups excluding carboxylic acids is 1. The lowest BCUT2D eigenvalue weighted by atomic mass is 10.0. The fourth-order valence-corrected chi connectivity index (χ4v) is 1.65. The molecule has 0 radical (unpaired) electrons. The normalized spacial score (nSPS) is 11.2. The second kappa shape index (κ2) is 5.77. The summed E-state index contributed by atoms with van der Waals surface area (Å²) in [6, 6.07) is 16.4. The molecule has 0 saturated heterocycles.